The molecule has 76 heavy (non-hydrogen) atoms. The van der Waals surface area contributed by atoms with Crippen LogP contribution in [0.3, 0.4) is 0 Å². The fourth-order valence-corrected chi connectivity index (χ4v) is 8.06. The Bertz CT molecular complexity index is 3190. The van der Waals surface area contributed by atoms with Crippen molar-refractivity contribution in [3.8, 4) is 74.7 Å². The van der Waals surface area contributed by atoms with Gasteiger partial charge in [-0.25, -0.2) is 19.2 Å². The minimum atomic E-state index is -2.35. The summed E-state index contributed by atoms with van der Waals surface area (Å²) in [6.07, 6.45) is -11.9. The first-order valence-corrected chi connectivity index (χ1v) is 21.5. The number of carbonyl (C=O) groups is 7. The average Bonchev–Trinajstić information content (AvgIpc) is 3.37. The van der Waals surface area contributed by atoms with E-state index in [2.05, 4.69) is 4.74 Å². The molecule has 1 unspecified atom stereocenters. The maximum atomic E-state index is 14.6. The van der Waals surface area contributed by atoms with Gasteiger partial charge >= 0.3 is 29.8 Å². The molecule has 1 amide bonds. The summed E-state index contributed by atoms with van der Waals surface area (Å²) in [5.74, 6) is -35.0. The number of ether oxygens (including phenoxy) is 6. The lowest BCUT2D eigenvalue weighted by atomic mass is 9.81. The van der Waals surface area contributed by atoms with Crippen LogP contribution in [0.5, 0.6) is 74.7 Å². The van der Waals surface area contributed by atoms with Crippen LogP contribution in [0.25, 0.3) is 5.57 Å². The molecule has 1 saturated heterocycles. The van der Waals surface area contributed by atoms with Crippen LogP contribution in [0.4, 0.5) is 0 Å². The molecule has 3 aliphatic rings. The van der Waals surface area contributed by atoms with E-state index in [4.69, 9.17) is 35.2 Å². The Hall–Kier alpha value is -10.1. The monoisotopic (exact) mass is 1070 g/mol. The Balaban J connectivity index is 1.35. The summed E-state index contributed by atoms with van der Waals surface area (Å²) in [7, 11) is 0. The van der Waals surface area contributed by atoms with Crippen LogP contribution in [-0.2, 0) is 38.1 Å². The Morgan fingerprint density at radius 1 is 0.697 bits per heavy atom. The Morgan fingerprint density at radius 2 is 1.28 bits per heavy atom. The third kappa shape index (κ3) is 10.0. The van der Waals surface area contributed by atoms with E-state index in [1.54, 1.807) is 0 Å². The van der Waals surface area contributed by atoms with Crippen LogP contribution in [-0.4, -0.2) is 155 Å². The number of rotatable bonds is 11. The van der Waals surface area contributed by atoms with E-state index in [1.165, 1.54) is 0 Å². The highest BCUT2D eigenvalue weighted by Gasteiger charge is 2.53. The number of cyclic esters (lactones) is 1. The maximum Gasteiger partial charge on any atom is 0.349 e. The number of phenolic OH excluding ortho intramolecular Hbond substituents is 11. The second kappa shape index (κ2) is 20.4. The predicted octanol–water partition coefficient (Wildman–Crippen LogP) is 0.657. The summed E-state index contributed by atoms with van der Waals surface area (Å²) < 4.78 is 32.6. The topological polar surface area (TPSA) is 530 Å². The van der Waals surface area contributed by atoms with Gasteiger partial charge in [0.15, 0.2) is 87.2 Å². The van der Waals surface area contributed by atoms with E-state index in [0.29, 0.717) is 36.4 Å². The zero-order valence-electron chi connectivity index (χ0n) is 38.0. The molecule has 1 fully saturated rings. The number of esters is 5. The number of hydrogen-bond acceptors (Lipinski definition) is 29. The lowest BCUT2D eigenvalue weighted by Crippen LogP contribution is -2.59. The lowest BCUT2D eigenvalue weighted by Gasteiger charge is -2.43. The van der Waals surface area contributed by atoms with Crippen LogP contribution in [0.1, 0.15) is 66.3 Å². The summed E-state index contributed by atoms with van der Waals surface area (Å²) >= 11 is 0. The molecule has 4 aromatic carbocycles. The summed E-state index contributed by atoms with van der Waals surface area (Å²) in [6, 6.07) is 1.47. The third-order valence-corrected chi connectivity index (χ3v) is 11.9. The minimum absolute atomic E-state index is 0.347. The number of nitrogens with two attached hydrogens (primary N) is 2. The molecule has 7 rings (SSSR count). The average molecular weight is 1070 g/mol. The highest BCUT2D eigenvalue weighted by atomic mass is 16.7. The smallest absolute Gasteiger partial charge is 0.349 e. The van der Waals surface area contributed by atoms with Crippen molar-refractivity contribution in [2.24, 2.45) is 23.3 Å². The maximum absolute atomic E-state index is 14.6. The van der Waals surface area contributed by atoms with E-state index in [1.807, 2.05) is 0 Å². The van der Waals surface area contributed by atoms with Crippen LogP contribution < -0.4 is 16.2 Å². The number of primary amides is 1. The molecule has 0 radical (unpaired) electrons. The van der Waals surface area contributed by atoms with Gasteiger partial charge in [-0.15, -0.1) is 0 Å². The standard InChI is InChI=1S/C46H40N2O28/c47-17(9-27(48)56)46(70)76-45(69)15-7-24(55)33(60)37(64)38(15)72-25-8-14-29(36(63)34(25)61)28-13(5-23(54)32(59)35(28)62)43(67)75-40-26(10-71-42(14)66)73-44(68)16(6-18(49)11-1-19(50)30(57)20(51)2-11)39(40)74-41(65)12-3-21(52)31(58)22(53)4-12/h1-4,7-8,13,16-17,26,39-40,44,50-55,57-64,68H,5-6,9-10,47H2,(H2,48,56)/t13-,16-,17+,26-,39-,40-,44?/m1/s1. The summed E-state index contributed by atoms with van der Waals surface area (Å²) in [5.41, 5.74) is 4.79. The SMILES string of the molecule is NC(=O)C[C@H](N)C(=O)OC(=O)c1cc(O)c(O)c(O)c1Oc1cc2c(c(O)c1O)C1=C(O)C(O)=C(O)C[C@H]1C(=O)O[C@H]1[C@H](OC(=O)c3cc(O)c(O)c(O)c3)[C@@H](CC(=O)c3cc(O)c(O)c(O)c3)C(O)O[C@@H]1COC2=O. The largest absolute Gasteiger partial charge is 0.508 e. The first-order valence-electron chi connectivity index (χ1n) is 21.5. The van der Waals surface area contributed by atoms with Crippen molar-refractivity contribution in [2.75, 3.05) is 6.61 Å². The molecule has 0 saturated carbocycles. The quantitative estimate of drug-likeness (QED) is 0.0322. The van der Waals surface area contributed by atoms with E-state index in [0.717, 1.165) is 0 Å². The molecule has 2 aliphatic heterocycles. The van der Waals surface area contributed by atoms with Crippen LogP contribution in [0.2, 0.25) is 0 Å². The number of benzene rings is 4. The number of phenols is 11. The molecule has 4 aromatic rings. The van der Waals surface area contributed by atoms with Gasteiger partial charge in [-0.2, -0.15) is 0 Å². The molecular formula is C46H40N2O28. The summed E-state index contributed by atoms with van der Waals surface area (Å²) in [6.45, 7) is -1.24. The molecule has 0 bridgehead atoms. The molecule has 0 aromatic heterocycles. The number of aliphatic hydroxyl groups is 4. The molecule has 19 N–H and O–H groups in total. The van der Waals surface area contributed by atoms with Crippen molar-refractivity contribution in [2.45, 2.75) is 49.9 Å². The van der Waals surface area contributed by atoms with Gasteiger partial charge in [0, 0.05) is 41.7 Å². The zero-order chi connectivity index (χ0) is 56.1. The van der Waals surface area contributed by atoms with Crippen LogP contribution in [0.15, 0.2) is 53.7 Å². The first kappa shape index (κ1) is 53.7. The van der Waals surface area contributed by atoms with Crippen LogP contribution >= 0.6 is 0 Å². The van der Waals surface area contributed by atoms with Gasteiger partial charge in [0.1, 0.15) is 36.2 Å². The van der Waals surface area contributed by atoms with E-state index in [9.17, 15) is 110 Å². The third-order valence-electron chi connectivity index (χ3n) is 11.9. The van der Waals surface area contributed by atoms with Crippen molar-refractivity contribution in [1.29, 1.82) is 0 Å². The van der Waals surface area contributed by atoms with Crippen molar-refractivity contribution in [3.05, 3.63) is 81.5 Å². The molecule has 1 aliphatic carbocycles. The second-order valence-electron chi connectivity index (χ2n) is 16.8. The molecular weight excluding hydrogens is 1030 g/mol. The second-order valence-corrected chi connectivity index (χ2v) is 16.8. The molecule has 30 heteroatoms. The summed E-state index contributed by atoms with van der Waals surface area (Å²) in [4.78, 5) is 93.6. The highest BCUT2D eigenvalue weighted by Crippen LogP contribution is 2.53. The Kier molecular flexibility index (Phi) is 14.5. The van der Waals surface area contributed by atoms with Crippen molar-refractivity contribution in [3.63, 3.8) is 0 Å². The van der Waals surface area contributed by atoms with Crippen molar-refractivity contribution in [1.82, 2.24) is 0 Å². The van der Waals surface area contributed by atoms with Gasteiger partial charge in [0.2, 0.25) is 23.2 Å². The molecule has 2 heterocycles. The normalized spacial score (nSPS) is 20.8. The number of fused-ring (bicyclic) bond motifs is 4. The number of aliphatic hydroxyl groups excluding tert-OH is 4. The summed E-state index contributed by atoms with van der Waals surface area (Å²) in [5, 5.41) is 159. The van der Waals surface area contributed by atoms with Crippen molar-refractivity contribution >= 4 is 47.1 Å². The number of carbonyl (C=O) groups excluding carboxylic acids is 7. The van der Waals surface area contributed by atoms with E-state index >= 15 is 0 Å². The van der Waals surface area contributed by atoms with Crippen LogP contribution in [0, 0.1) is 11.8 Å². The number of Topliss-reactive ketones (excluding diaryl/α,β-unsaturated/α-hetero) is 1. The fraction of sp³-hybridized carbons (Fsp3) is 0.239. The highest BCUT2D eigenvalue weighted by molar-refractivity contribution is 6.04. The van der Waals surface area contributed by atoms with Gasteiger partial charge in [0.25, 0.3) is 0 Å². The van der Waals surface area contributed by atoms with Gasteiger partial charge in [-0.3, -0.25) is 14.4 Å². The van der Waals surface area contributed by atoms with Gasteiger partial charge in [0.05, 0.1) is 29.4 Å². The van der Waals surface area contributed by atoms with Gasteiger partial charge < -0.3 is 116 Å². The number of aromatic hydroxyl groups is 11. The van der Waals surface area contributed by atoms with Gasteiger partial charge in [-0.1, -0.05) is 0 Å². The molecule has 7 atom stereocenters. The number of hydrogen-bond donors (Lipinski definition) is 17. The zero-order valence-corrected chi connectivity index (χ0v) is 38.0. The molecule has 30 nitrogen and oxygen atoms in total. The number of allylic oxidation sites excluding steroid dienone is 1. The minimum Gasteiger partial charge on any atom is -0.508 e. The van der Waals surface area contributed by atoms with Gasteiger partial charge in [-0.05, 0) is 24.3 Å². The molecule has 402 valence electrons. The Labute approximate surface area is 421 Å². The fourth-order valence-electron chi connectivity index (χ4n) is 8.06. The number of amides is 1. The first-order chi connectivity index (χ1) is 35.6. The Morgan fingerprint density at radius 3 is 1.87 bits per heavy atom. The van der Waals surface area contributed by atoms with E-state index in [-0.39, 0.29) is 0 Å². The predicted molar refractivity (Wildman–Crippen MR) is 239 cm³/mol. The number of ketones is 1. The van der Waals surface area contributed by atoms with E-state index < -0.39 is 235 Å². The molecule has 0 spiro atoms. The lowest BCUT2D eigenvalue weighted by molar-refractivity contribution is -0.273. The van der Waals surface area contributed by atoms with Crippen molar-refractivity contribution < 1.29 is 139 Å².